The van der Waals surface area contributed by atoms with Gasteiger partial charge in [0.1, 0.15) is 11.3 Å². The van der Waals surface area contributed by atoms with Crippen LogP contribution in [0.25, 0.3) is 0 Å². The Hall–Kier alpha value is -2.23. The van der Waals surface area contributed by atoms with E-state index < -0.39 is 49.6 Å². The molecule has 4 rings (SSSR count). The third kappa shape index (κ3) is 2.31. The molecule has 1 aliphatic heterocycles. The van der Waals surface area contributed by atoms with E-state index in [0.717, 1.165) is 6.07 Å². The van der Waals surface area contributed by atoms with Gasteiger partial charge in [-0.2, -0.15) is 13.2 Å². The number of halogens is 3. The van der Waals surface area contributed by atoms with Crippen molar-refractivity contribution in [2.75, 3.05) is 0 Å². The lowest BCUT2D eigenvalue weighted by Crippen LogP contribution is -2.21. The van der Waals surface area contributed by atoms with Crippen molar-refractivity contribution < 1.29 is 30.9 Å². The number of nitrogens with zero attached hydrogens (tertiary/aromatic N) is 2. The van der Waals surface area contributed by atoms with E-state index >= 15 is 0 Å². The minimum absolute atomic E-state index is 0.0479. The summed E-state index contributed by atoms with van der Waals surface area (Å²) in [7, 11) is -3.76. The van der Waals surface area contributed by atoms with Crippen molar-refractivity contribution in [3.63, 3.8) is 0 Å². The number of hydrogen-bond donors (Lipinski definition) is 0. The molecule has 2 bridgehead atoms. The van der Waals surface area contributed by atoms with Crippen molar-refractivity contribution in [1.82, 2.24) is 10.1 Å². The van der Waals surface area contributed by atoms with Gasteiger partial charge in [0.2, 0.25) is 20.6 Å². The molecule has 138 valence electrons. The van der Waals surface area contributed by atoms with E-state index in [-0.39, 0.29) is 22.6 Å². The van der Waals surface area contributed by atoms with Crippen LogP contribution in [0.2, 0.25) is 0 Å². The van der Waals surface area contributed by atoms with Crippen molar-refractivity contribution in [2.45, 2.75) is 48.6 Å². The minimum atomic E-state index is -4.64. The second-order valence-corrected chi connectivity index (χ2v) is 8.85. The van der Waals surface area contributed by atoms with Gasteiger partial charge in [0.25, 0.3) is 0 Å². The average molecular weight is 386 g/mol. The van der Waals surface area contributed by atoms with Gasteiger partial charge in [-0.25, -0.2) is 13.4 Å². The molecule has 2 unspecified atom stereocenters. The highest BCUT2D eigenvalue weighted by atomic mass is 32.2. The average Bonchev–Trinajstić information content (AvgIpc) is 3.26. The smallest absolute Gasteiger partial charge is 0.359 e. The molecule has 2 atom stereocenters. The maximum absolute atomic E-state index is 13.0. The highest BCUT2D eigenvalue weighted by Crippen LogP contribution is 2.54. The van der Waals surface area contributed by atoms with Crippen molar-refractivity contribution in [2.24, 2.45) is 0 Å². The number of fused-ring (bicyclic) bond motifs is 4. The number of carbonyl (C=O) groups is 1. The number of rotatable bonds is 3. The van der Waals surface area contributed by atoms with E-state index in [1.165, 1.54) is 0 Å². The first-order valence-corrected chi connectivity index (χ1v) is 9.44. The number of pyridine rings is 1. The summed E-state index contributed by atoms with van der Waals surface area (Å²) < 4.78 is 68.7. The predicted octanol–water partition coefficient (Wildman–Crippen LogP) is 3.09. The van der Waals surface area contributed by atoms with Crippen molar-refractivity contribution in [1.29, 1.82) is 0 Å². The van der Waals surface area contributed by atoms with Gasteiger partial charge >= 0.3 is 6.18 Å². The number of hydrogen-bond acceptors (Lipinski definition) is 6. The molecule has 0 amide bonds. The third-order valence-electron chi connectivity index (χ3n) is 4.66. The molecule has 0 N–H and O–H groups in total. The lowest BCUT2D eigenvalue weighted by molar-refractivity contribution is -0.141. The monoisotopic (exact) mass is 386 g/mol. The lowest BCUT2D eigenvalue weighted by atomic mass is 9.95. The molecule has 1 fully saturated rings. The van der Waals surface area contributed by atoms with Gasteiger partial charge in [0.15, 0.2) is 5.76 Å². The molecule has 0 radical (unpaired) electrons. The van der Waals surface area contributed by atoms with Crippen LogP contribution in [0, 0.1) is 0 Å². The molecular formula is C16H13F3N2O4S. The Balaban J connectivity index is 1.86. The largest absolute Gasteiger partial charge is 0.433 e. The van der Waals surface area contributed by atoms with Crippen molar-refractivity contribution >= 4 is 15.6 Å². The van der Waals surface area contributed by atoms with Crippen LogP contribution in [0.4, 0.5) is 13.2 Å². The molecule has 2 aromatic heterocycles. The maximum Gasteiger partial charge on any atom is 0.433 e. The Kier molecular flexibility index (Phi) is 3.41. The Bertz CT molecular complexity index is 1040. The molecule has 10 heteroatoms. The van der Waals surface area contributed by atoms with Crippen LogP contribution in [0.1, 0.15) is 65.2 Å². The first-order valence-electron chi connectivity index (χ1n) is 7.89. The lowest BCUT2D eigenvalue weighted by Gasteiger charge is -2.15. The second kappa shape index (κ2) is 5.15. The minimum Gasteiger partial charge on any atom is -0.359 e. The summed E-state index contributed by atoms with van der Waals surface area (Å²) in [6, 6.07) is 1.75. The molecule has 2 aromatic rings. The Labute approximate surface area is 146 Å². The molecule has 2 aliphatic rings. The summed E-state index contributed by atoms with van der Waals surface area (Å²) in [4.78, 5) is 16.6. The summed E-state index contributed by atoms with van der Waals surface area (Å²) >= 11 is 0. The zero-order valence-electron chi connectivity index (χ0n) is 13.7. The number of carbonyl (C=O) groups excluding carboxylic acids is 1. The predicted molar refractivity (Wildman–Crippen MR) is 81.6 cm³/mol. The second-order valence-electron chi connectivity index (χ2n) is 6.76. The van der Waals surface area contributed by atoms with Gasteiger partial charge in [-0.1, -0.05) is 19.0 Å². The van der Waals surface area contributed by atoms with E-state index in [1.807, 2.05) is 0 Å². The first kappa shape index (κ1) is 17.2. The first-order chi connectivity index (χ1) is 12.0. The van der Waals surface area contributed by atoms with Crippen molar-refractivity contribution in [3.05, 3.63) is 40.4 Å². The summed E-state index contributed by atoms with van der Waals surface area (Å²) in [5.41, 5.74) is -1.40. The van der Waals surface area contributed by atoms with Gasteiger partial charge < -0.3 is 4.52 Å². The zero-order chi connectivity index (χ0) is 19.0. The van der Waals surface area contributed by atoms with E-state index in [1.54, 1.807) is 13.8 Å². The molecule has 26 heavy (non-hydrogen) atoms. The van der Waals surface area contributed by atoms with E-state index in [4.69, 9.17) is 4.52 Å². The highest BCUT2D eigenvalue weighted by Gasteiger charge is 2.59. The molecule has 6 nitrogen and oxygen atoms in total. The van der Waals surface area contributed by atoms with Crippen LogP contribution in [-0.2, 0) is 16.0 Å². The number of alkyl halides is 3. The summed E-state index contributed by atoms with van der Waals surface area (Å²) in [5.74, 6) is -1.43. The fourth-order valence-electron chi connectivity index (χ4n) is 3.28. The number of sulfone groups is 1. The normalized spacial score (nSPS) is 23.0. The van der Waals surface area contributed by atoms with E-state index in [0.29, 0.717) is 12.5 Å². The summed E-state index contributed by atoms with van der Waals surface area (Å²) in [6.07, 6.45) is -4.29. The topological polar surface area (TPSA) is 90.1 Å². The number of aromatic nitrogens is 2. The standard InChI is InChI=1S/C16H13F3N2O4S/c1-6(2)12-7(3-4-10(20-12)16(17,18)19)13(22)11-14-8-5-9(8)26(23,24)15(11)21-25-14/h3-4,6,8-9H,5H2,1-2H3. The van der Waals surface area contributed by atoms with Crippen LogP contribution < -0.4 is 0 Å². The van der Waals surface area contributed by atoms with E-state index in [9.17, 15) is 26.4 Å². The molecule has 0 spiro atoms. The molecule has 0 aromatic carbocycles. The number of ketones is 1. The zero-order valence-corrected chi connectivity index (χ0v) is 14.5. The van der Waals surface area contributed by atoms with E-state index in [2.05, 4.69) is 10.1 Å². The third-order valence-corrected chi connectivity index (χ3v) is 6.79. The summed E-state index contributed by atoms with van der Waals surface area (Å²) in [5, 5.41) is 2.48. The van der Waals surface area contributed by atoms with Crippen LogP contribution in [0.3, 0.4) is 0 Å². The van der Waals surface area contributed by atoms with Crippen LogP contribution in [0.5, 0.6) is 0 Å². The fraction of sp³-hybridized carbons (Fsp3) is 0.438. The molecule has 0 saturated heterocycles. The van der Waals surface area contributed by atoms with Gasteiger partial charge in [-0.15, -0.1) is 0 Å². The van der Waals surface area contributed by atoms with Gasteiger partial charge in [-0.05, 0) is 24.5 Å². The van der Waals surface area contributed by atoms with Crippen molar-refractivity contribution in [3.8, 4) is 0 Å². The maximum atomic E-state index is 13.0. The van der Waals surface area contributed by atoms with Gasteiger partial charge in [0, 0.05) is 11.5 Å². The van der Waals surface area contributed by atoms with Crippen LogP contribution in [0.15, 0.2) is 21.7 Å². The quantitative estimate of drug-likeness (QED) is 0.753. The molecule has 1 saturated carbocycles. The Morgan fingerprint density at radius 1 is 1.31 bits per heavy atom. The fourth-order valence-corrected chi connectivity index (χ4v) is 5.20. The Morgan fingerprint density at radius 3 is 2.62 bits per heavy atom. The molecule has 3 heterocycles. The Morgan fingerprint density at radius 2 is 2.00 bits per heavy atom. The molecular weight excluding hydrogens is 373 g/mol. The van der Waals surface area contributed by atoms with Crippen LogP contribution >= 0.6 is 0 Å². The highest BCUT2D eigenvalue weighted by molar-refractivity contribution is 7.92. The van der Waals surface area contributed by atoms with Gasteiger partial charge in [0.05, 0.1) is 10.9 Å². The molecule has 1 aliphatic carbocycles. The van der Waals surface area contributed by atoms with Crippen LogP contribution in [-0.4, -0.2) is 29.6 Å². The van der Waals surface area contributed by atoms with Gasteiger partial charge in [-0.3, -0.25) is 4.79 Å². The SMILES string of the molecule is CC(C)c1nc(C(F)(F)F)ccc1C(=O)c1c2noc1C1CC1S2(=O)=O. The summed E-state index contributed by atoms with van der Waals surface area (Å²) in [6.45, 7) is 3.21.